The number of para-hydroxylation sites is 1. The molecule has 2 N–H and O–H groups in total. The smallest absolute Gasteiger partial charge is 0.325 e. The molecule has 0 radical (unpaired) electrons. The summed E-state index contributed by atoms with van der Waals surface area (Å²) in [5.74, 6) is -0.373. The Labute approximate surface area is 153 Å². The van der Waals surface area contributed by atoms with Crippen LogP contribution in [0.5, 0.6) is 0 Å². The Bertz CT molecular complexity index is 597. The van der Waals surface area contributed by atoms with Crippen LogP contribution in [0.2, 0.25) is 0 Å². The van der Waals surface area contributed by atoms with E-state index in [1.807, 2.05) is 35.2 Å². The first-order chi connectivity index (χ1) is 12.1. The number of hydrogen-bond donors (Lipinski definition) is 2. The molecule has 1 heterocycles. The van der Waals surface area contributed by atoms with Gasteiger partial charge in [0.05, 0.1) is 13.7 Å². The Kier molecular flexibility index (Phi) is 7.62. The van der Waals surface area contributed by atoms with Gasteiger partial charge in [0, 0.05) is 31.9 Å². The zero-order valence-corrected chi connectivity index (χ0v) is 15.2. The second kappa shape index (κ2) is 9.95. The maximum atomic E-state index is 12.2. The number of methoxy groups -OCH3 is 1. The zero-order chi connectivity index (χ0) is 18.1. The highest BCUT2D eigenvalue weighted by atomic mass is 32.1. The van der Waals surface area contributed by atoms with Crippen LogP contribution in [0.3, 0.4) is 0 Å². The molecule has 7 nitrogen and oxygen atoms in total. The Morgan fingerprint density at radius 3 is 2.64 bits per heavy atom. The molecule has 0 bridgehead atoms. The van der Waals surface area contributed by atoms with Crippen LogP contribution >= 0.6 is 12.2 Å². The first-order valence-electron chi connectivity index (χ1n) is 8.25. The van der Waals surface area contributed by atoms with Gasteiger partial charge in [0.25, 0.3) is 0 Å². The fraction of sp³-hybridized carbons (Fsp3) is 0.471. The van der Waals surface area contributed by atoms with Crippen LogP contribution in [-0.4, -0.2) is 73.2 Å². The Hall–Kier alpha value is -2.19. The summed E-state index contributed by atoms with van der Waals surface area (Å²) < 4.78 is 4.59. The molecule has 1 aromatic carbocycles. The van der Waals surface area contributed by atoms with Crippen LogP contribution in [0, 0.1) is 0 Å². The lowest BCUT2D eigenvalue weighted by molar-refractivity contribution is -0.139. The molecule has 8 heteroatoms. The third-order valence-electron chi connectivity index (χ3n) is 3.91. The molecule has 1 amide bonds. The van der Waals surface area contributed by atoms with E-state index < -0.39 is 0 Å². The summed E-state index contributed by atoms with van der Waals surface area (Å²) in [5, 5.41) is 6.35. The number of hydrogen-bond acceptors (Lipinski definition) is 5. The SMILES string of the molecule is COC(=O)CNC(=S)N1CCCN(CC(=O)Nc2ccccc2)CC1. The molecular formula is C17H24N4O3S. The van der Waals surface area contributed by atoms with Crippen LogP contribution in [0.25, 0.3) is 0 Å². The number of carbonyl (C=O) groups excluding carboxylic acids is 2. The third kappa shape index (κ3) is 6.67. The minimum atomic E-state index is -0.351. The molecule has 0 aromatic heterocycles. The summed E-state index contributed by atoms with van der Waals surface area (Å²) in [6.45, 7) is 3.50. The molecular weight excluding hydrogens is 340 g/mol. The molecule has 0 aliphatic carbocycles. The molecule has 136 valence electrons. The number of esters is 1. The summed E-state index contributed by atoms with van der Waals surface area (Å²) in [6.07, 6.45) is 0.901. The van der Waals surface area contributed by atoms with Crippen molar-refractivity contribution < 1.29 is 14.3 Å². The molecule has 1 saturated heterocycles. The van der Waals surface area contributed by atoms with Crippen LogP contribution in [0.15, 0.2) is 30.3 Å². The standard InChI is InChI=1S/C17H24N4O3S/c1-24-16(23)12-18-17(25)21-9-5-8-20(10-11-21)13-15(22)19-14-6-3-2-4-7-14/h2-4,6-7H,5,8-13H2,1H3,(H,18,25)(H,19,22). The predicted octanol–water partition coefficient (Wildman–Crippen LogP) is 0.680. The number of anilines is 1. The quantitative estimate of drug-likeness (QED) is 0.588. The summed E-state index contributed by atoms with van der Waals surface area (Å²) in [6, 6.07) is 9.43. The third-order valence-corrected chi connectivity index (χ3v) is 4.31. The first-order valence-corrected chi connectivity index (χ1v) is 8.66. The van der Waals surface area contributed by atoms with E-state index in [1.54, 1.807) is 0 Å². The van der Waals surface area contributed by atoms with Gasteiger partial charge in [0.1, 0.15) is 6.54 Å². The molecule has 0 saturated carbocycles. The zero-order valence-electron chi connectivity index (χ0n) is 14.4. The second-order valence-corrected chi connectivity index (χ2v) is 6.15. The van der Waals surface area contributed by atoms with Crippen molar-refractivity contribution in [2.45, 2.75) is 6.42 Å². The summed E-state index contributed by atoms with van der Waals surface area (Å²) >= 11 is 5.32. The highest BCUT2D eigenvalue weighted by Gasteiger charge is 2.19. The van der Waals surface area contributed by atoms with Crippen molar-refractivity contribution in [3.05, 3.63) is 30.3 Å². The minimum Gasteiger partial charge on any atom is -0.468 e. The molecule has 1 aromatic rings. The fourth-order valence-corrected chi connectivity index (χ4v) is 2.84. The monoisotopic (exact) mass is 364 g/mol. The average Bonchev–Trinajstić information content (AvgIpc) is 2.85. The van der Waals surface area contributed by atoms with Crippen molar-refractivity contribution in [3.8, 4) is 0 Å². The van der Waals surface area contributed by atoms with Crippen molar-refractivity contribution in [3.63, 3.8) is 0 Å². The number of amides is 1. The van der Waals surface area contributed by atoms with Crippen molar-refractivity contribution in [2.24, 2.45) is 0 Å². The lowest BCUT2D eigenvalue weighted by Gasteiger charge is -2.24. The van der Waals surface area contributed by atoms with Crippen molar-refractivity contribution in [2.75, 3.05) is 51.7 Å². The number of nitrogens with one attached hydrogen (secondary N) is 2. The fourth-order valence-electron chi connectivity index (χ4n) is 2.59. The summed E-state index contributed by atoms with van der Waals surface area (Å²) in [7, 11) is 1.34. The van der Waals surface area contributed by atoms with Crippen molar-refractivity contribution in [1.29, 1.82) is 0 Å². The van der Waals surface area contributed by atoms with E-state index in [-0.39, 0.29) is 18.4 Å². The van der Waals surface area contributed by atoms with E-state index in [0.29, 0.717) is 18.2 Å². The first kappa shape index (κ1) is 19.1. The van der Waals surface area contributed by atoms with E-state index >= 15 is 0 Å². The van der Waals surface area contributed by atoms with Gasteiger partial charge in [-0.05, 0) is 30.8 Å². The number of thiocarbonyl (C=S) groups is 1. The number of carbonyl (C=O) groups is 2. The van der Waals surface area contributed by atoms with E-state index in [0.717, 1.165) is 31.7 Å². The molecule has 1 aliphatic rings. The minimum absolute atomic E-state index is 0.0222. The topological polar surface area (TPSA) is 73.9 Å². The van der Waals surface area contributed by atoms with Gasteiger partial charge in [-0.1, -0.05) is 18.2 Å². The number of benzene rings is 1. The Balaban J connectivity index is 1.76. The van der Waals surface area contributed by atoms with Gasteiger partial charge in [-0.25, -0.2) is 0 Å². The van der Waals surface area contributed by atoms with Gasteiger partial charge in [0.2, 0.25) is 5.91 Å². The Morgan fingerprint density at radius 1 is 1.16 bits per heavy atom. The number of nitrogens with zero attached hydrogens (tertiary/aromatic N) is 2. The molecule has 0 atom stereocenters. The molecule has 0 unspecified atom stereocenters. The maximum absolute atomic E-state index is 12.2. The Morgan fingerprint density at radius 2 is 1.92 bits per heavy atom. The van der Waals surface area contributed by atoms with Gasteiger partial charge in [0.15, 0.2) is 5.11 Å². The van der Waals surface area contributed by atoms with Crippen LogP contribution in [0.4, 0.5) is 5.69 Å². The lowest BCUT2D eigenvalue weighted by atomic mass is 10.3. The normalized spacial score (nSPS) is 15.2. The molecule has 2 rings (SSSR count). The summed E-state index contributed by atoms with van der Waals surface area (Å²) in [4.78, 5) is 27.5. The van der Waals surface area contributed by atoms with Crippen LogP contribution in [0.1, 0.15) is 6.42 Å². The number of ether oxygens (including phenoxy) is 1. The van der Waals surface area contributed by atoms with Gasteiger partial charge >= 0.3 is 5.97 Å². The molecule has 25 heavy (non-hydrogen) atoms. The lowest BCUT2D eigenvalue weighted by Crippen LogP contribution is -2.44. The van der Waals surface area contributed by atoms with Gasteiger partial charge < -0.3 is 20.3 Å². The van der Waals surface area contributed by atoms with Crippen molar-refractivity contribution in [1.82, 2.24) is 15.1 Å². The van der Waals surface area contributed by atoms with Gasteiger partial charge in [-0.2, -0.15) is 0 Å². The van der Waals surface area contributed by atoms with Crippen LogP contribution < -0.4 is 10.6 Å². The summed E-state index contributed by atoms with van der Waals surface area (Å²) in [5.41, 5.74) is 0.803. The molecule has 0 spiro atoms. The largest absolute Gasteiger partial charge is 0.468 e. The molecule has 1 aliphatic heterocycles. The molecule has 1 fully saturated rings. The van der Waals surface area contributed by atoms with Crippen molar-refractivity contribution >= 4 is 34.9 Å². The average molecular weight is 364 g/mol. The predicted molar refractivity (Wildman–Crippen MR) is 100 cm³/mol. The van der Waals surface area contributed by atoms with E-state index in [1.165, 1.54) is 7.11 Å². The maximum Gasteiger partial charge on any atom is 0.325 e. The van der Waals surface area contributed by atoms with E-state index in [2.05, 4.69) is 20.3 Å². The van der Waals surface area contributed by atoms with E-state index in [4.69, 9.17) is 12.2 Å². The second-order valence-electron chi connectivity index (χ2n) is 5.77. The van der Waals surface area contributed by atoms with Crippen LogP contribution in [-0.2, 0) is 14.3 Å². The van der Waals surface area contributed by atoms with Gasteiger partial charge in [-0.15, -0.1) is 0 Å². The van der Waals surface area contributed by atoms with E-state index in [9.17, 15) is 9.59 Å². The number of rotatable bonds is 5. The van der Waals surface area contributed by atoms with Gasteiger partial charge in [-0.3, -0.25) is 14.5 Å². The highest BCUT2D eigenvalue weighted by molar-refractivity contribution is 7.80. The highest BCUT2D eigenvalue weighted by Crippen LogP contribution is 2.07.